The molecule has 0 aromatic heterocycles. The lowest BCUT2D eigenvalue weighted by molar-refractivity contribution is -0.139. The summed E-state index contributed by atoms with van der Waals surface area (Å²) in [7, 11) is 1.63. The fourth-order valence-electron chi connectivity index (χ4n) is 2.07. The first-order valence-electron chi connectivity index (χ1n) is 6.47. The molecule has 0 radical (unpaired) electrons. The van der Waals surface area contributed by atoms with E-state index in [1.54, 1.807) is 7.05 Å². The Morgan fingerprint density at radius 1 is 1.53 bits per heavy atom. The third-order valence-electron chi connectivity index (χ3n) is 3.15. The fourth-order valence-corrected chi connectivity index (χ4v) is 2.07. The molecular weight excluding hydrogens is 252 g/mol. The maximum absolute atomic E-state index is 11.8. The number of nitrogens with one attached hydrogen (secondary N) is 1. The van der Waals surface area contributed by atoms with Crippen LogP contribution in [-0.4, -0.2) is 66.6 Å². The average Bonchev–Trinajstić information content (AvgIpc) is 2.39. The van der Waals surface area contributed by atoms with E-state index in [9.17, 15) is 9.59 Å². The number of urea groups is 1. The molecule has 1 fully saturated rings. The highest BCUT2D eigenvalue weighted by Crippen LogP contribution is 2.14. The summed E-state index contributed by atoms with van der Waals surface area (Å²) >= 11 is 0. The van der Waals surface area contributed by atoms with Crippen LogP contribution < -0.4 is 5.32 Å². The molecule has 0 saturated carbocycles. The molecule has 3 N–H and O–H groups in total. The second kappa shape index (κ2) is 7.96. The first-order valence-corrected chi connectivity index (χ1v) is 6.47. The quantitative estimate of drug-likeness (QED) is 0.627. The molecule has 1 aliphatic heterocycles. The molecule has 19 heavy (non-hydrogen) atoms. The maximum atomic E-state index is 11.8. The number of rotatable bonds is 6. The molecule has 0 bridgehead atoms. The van der Waals surface area contributed by atoms with Gasteiger partial charge in [0.2, 0.25) is 0 Å². The van der Waals surface area contributed by atoms with Crippen molar-refractivity contribution in [3.05, 3.63) is 0 Å². The molecule has 0 aromatic carbocycles. The molecule has 1 aliphatic rings. The van der Waals surface area contributed by atoms with Crippen LogP contribution in [0.4, 0.5) is 4.79 Å². The van der Waals surface area contributed by atoms with Crippen LogP contribution in [0.2, 0.25) is 0 Å². The highest BCUT2D eigenvalue weighted by molar-refractivity contribution is 5.82. The summed E-state index contributed by atoms with van der Waals surface area (Å²) in [5.74, 6) is -0.845. The number of hydrogen-bond donors (Lipinski definition) is 3. The second-order valence-corrected chi connectivity index (χ2v) is 4.82. The summed E-state index contributed by atoms with van der Waals surface area (Å²) in [5, 5.41) is 20.0. The average molecular weight is 274 g/mol. The van der Waals surface area contributed by atoms with Crippen LogP contribution in [0.25, 0.3) is 0 Å². The number of aliphatic carboxylic acids is 1. The monoisotopic (exact) mass is 274 g/mol. The van der Waals surface area contributed by atoms with Gasteiger partial charge in [-0.25, -0.2) is 9.59 Å². The molecule has 0 aliphatic carbocycles. The van der Waals surface area contributed by atoms with E-state index in [1.165, 1.54) is 4.90 Å². The minimum absolute atomic E-state index is 0.00144. The summed E-state index contributed by atoms with van der Waals surface area (Å²) in [6.45, 7) is 1.66. The van der Waals surface area contributed by atoms with E-state index in [1.807, 2.05) is 0 Å². The van der Waals surface area contributed by atoms with E-state index in [0.717, 1.165) is 19.4 Å². The van der Waals surface area contributed by atoms with Crippen molar-refractivity contribution in [2.45, 2.75) is 25.3 Å². The smallest absolute Gasteiger partial charge is 0.326 e. The van der Waals surface area contributed by atoms with Crippen LogP contribution in [0.1, 0.15) is 19.3 Å². The largest absolute Gasteiger partial charge is 0.480 e. The number of ether oxygens (including phenoxy) is 1. The van der Waals surface area contributed by atoms with Crippen molar-refractivity contribution in [1.29, 1.82) is 0 Å². The van der Waals surface area contributed by atoms with Crippen LogP contribution in [0.5, 0.6) is 0 Å². The van der Waals surface area contributed by atoms with E-state index in [4.69, 9.17) is 14.9 Å². The zero-order chi connectivity index (χ0) is 14.3. The third kappa shape index (κ3) is 5.44. The predicted octanol–water partition coefficient (Wildman–Crippen LogP) is -0.110. The fraction of sp³-hybridized carbons (Fsp3) is 0.833. The lowest BCUT2D eigenvalue weighted by atomic mass is 10.0. The standard InChI is InChI=1S/C12H22N2O5/c1-14(7-9-3-2-6-19-8-9)12(18)13-10(4-5-15)11(16)17/h9-10,15H,2-8H2,1H3,(H,13,18)(H,16,17)/t9?,10-/m0/s1. The van der Waals surface area contributed by atoms with E-state index < -0.39 is 18.0 Å². The van der Waals surface area contributed by atoms with E-state index >= 15 is 0 Å². The van der Waals surface area contributed by atoms with Crippen LogP contribution in [0.15, 0.2) is 0 Å². The Balaban J connectivity index is 2.39. The molecule has 110 valence electrons. The zero-order valence-electron chi connectivity index (χ0n) is 11.2. The zero-order valence-corrected chi connectivity index (χ0v) is 11.2. The molecule has 0 aromatic rings. The predicted molar refractivity (Wildman–Crippen MR) is 67.8 cm³/mol. The molecule has 0 spiro atoms. The van der Waals surface area contributed by atoms with Gasteiger partial charge in [0.1, 0.15) is 6.04 Å². The van der Waals surface area contributed by atoms with E-state index in [0.29, 0.717) is 19.1 Å². The lowest BCUT2D eigenvalue weighted by Gasteiger charge is -2.28. The summed E-state index contributed by atoms with van der Waals surface area (Å²) in [4.78, 5) is 24.2. The van der Waals surface area contributed by atoms with Gasteiger partial charge in [-0.05, 0) is 12.8 Å². The molecule has 1 heterocycles. The van der Waals surface area contributed by atoms with Crippen molar-refractivity contribution in [1.82, 2.24) is 10.2 Å². The van der Waals surface area contributed by atoms with Crippen molar-refractivity contribution in [3.8, 4) is 0 Å². The number of amides is 2. The second-order valence-electron chi connectivity index (χ2n) is 4.82. The summed E-state index contributed by atoms with van der Waals surface area (Å²) in [5.41, 5.74) is 0. The number of carbonyl (C=O) groups excluding carboxylic acids is 1. The normalized spacial score (nSPS) is 20.6. The van der Waals surface area contributed by atoms with Crippen LogP contribution in [0.3, 0.4) is 0 Å². The number of hydrogen-bond acceptors (Lipinski definition) is 4. The van der Waals surface area contributed by atoms with Gasteiger partial charge in [-0.1, -0.05) is 0 Å². The number of aliphatic hydroxyl groups is 1. The summed E-state index contributed by atoms with van der Waals surface area (Å²) < 4.78 is 5.34. The van der Waals surface area contributed by atoms with E-state index in [2.05, 4.69) is 5.32 Å². The first-order chi connectivity index (χ1) is 9.04. The molecule has 2 amide bonds. The Hall–Kier alpha value is -1.34. The van der Waals surface area contributed by atoms with Gasteiger partial charge < -0.3 is 25.2 Å². The van der Waals surface area contributed by atoms with E-state index in [-0.39, 0.29) is 13.0 Å². The number of carboxylic acid groups (broad SMARTS) is 1. The summed E-state index contributed by atoms with van der Waals surface area (Å²) in [6, 6.07) is -1.49. The molecule has 1 rings (SSSR count). The van der Waals surface area contributed by atoms with Crippen LogP contribution in [0, 0.1) is 5.92 Å². The number of carboxylic acids is 1. The molecule has 7 heteroatoms. The summed E-state index contributed by atoms with van der Waals surface area (Å²) in [6.07, 6.45) is 2.00. The SMILES string of the molecule is CN(CC1CCCOC1)C(=O)N[C@@H](CCO)C(=O)O. The highest BCUT2D eigenvalue weighted by Gasteiger charge is 2.23. The highest BCUT2D eigenvalue weighted by atomic mass is 16.5. The lowest BCUT2D eigenvalue weighted by Crippen LogP contribution is -2.48. The Bertz CT molecular complexity index is 304. The van der Waals surface area contributed by atoms with Gasteiger partial charge >= 0.3 is 12.0 Å². The van der Waals surface area contributed by atoms with Crippen LogP contribution >= 0.6 is 0 Å². The third-order valence-corrected chi connectivity index (χ3v) is 3.15. The number of aliphatic hydroxyl groups excluding tert-OH is 1. The molecule has 7 nitrogen and oxygen atoms in total. The van der Waals surface area contributed by atoms with Gasteiger partial charge in [-0.2, -0.15) is 0 Å². The van der Waals surface area contributed by atoms with Crippen LogP contribution in [-0.2, 0) is 9.53 Å². The maximum Gasteiger partial charge on any atom is 0.326 e. The Morgan fingerprint density at radius 2 is 2.26 bits per heavy atom. The molecule has 2 atom stereocenters. The van der Waals surface area contributed by atoms with Gasteiger partial charge in [0.25, 0.3) is 0 Å². The van der Waals surface area contributed by atoms with Crippen molar-refractivity contribution in [2.75, 3.05) is 33.4 Å². The van der Waals surface area contributed by atoms with Gasteiger partial charge in [-0.3, -0.25) is 0 Å². The van der Waals surface area contributed by atoms with Gasteiger partial charge in [-0.15, -0.1) is 0 Å². The Morgan fingerprint density at radius 3 is 2.79 bits per heavy atom. The number of carbonyl (C=O) groups is 2. The Kier molecular flexibility index (Phi) is 6.58. The molecular formula is C12H22N2O5. The Labute approximate surface area is 112 Å². The minimum atomic E-state index is -1.14. The molecule has 1 saturated heterocycles. The molecule has 1 unspecified atom stereocenters. The van der Waals surface area contributed by atoms with Gasteiger partial charge in [0.05, 0.1) is 6.61 Å². The van der Waals surface area contributed by atoms with Crippen molar-refractivity contribution in [3.63, 3.8) is 0 Å². The first kappa shape index (κ1) is 15.7. The van der Waals surface area contributed by atoms with Gasteiger partial charge in [0, 0.05) is 39.1 Å². The van der Waals surface area contributed by atoms with Crippen molar-refractivity contribution >= 4 is 12.0 Å². The van der Waals surface area contributed by atoms with Gasteiger partial charge in [0.15, 0.2) is 0 Å². The topological polar surface area (TPSA) is 99.1 Å². The van der Waals surface area contributed by atoms with Crippen molar-refractivity contribution < 1.29 is 24.5 Å². The minimum Gasteiger partial charge on any atom is -0.480 e. The number of nitrogens with zero attached hydrogens (tertiary/aromatic N) is 1. The van der Waals surface area contributed by atoms with Crippen molar-refractivity contribution in [2.24, 2.45) is 5.92 Å².